The fraction of sp³-hybridized carbons (Fsp3) is 0.238. The van der Waals surface area contributed by atoms with Crippen LogP contribution >= 0.6 is 23.2 Å². The molecule has 3 aliphatic heterocycles. The Bertz CT molecular complexity index is 1120. The first-order valence-corrected chi connectivity index (χ1v) is 9.90. The zero-order valence-electron chi connectivity index (χ0n) is 15.3. The number of hydrogen-bond acceptors (Lipinski definition) is 5. The molecule has 29 heavy (non-hydrogen) atoms. The molecule has 3 heterocycles. The summed E-state index contributed by atoms with van der Waals surface area (Å²) in [4.78, 5) is 40.5. The minimum absolute atomic E-state index is 0.204. The van der Waals surface area contributed by atoms with Crippen LogP contribution < -0.4 is 4.90 Å². The van der Waals surface area contributed by atoms with Crippen molar-refractivity contribution in [2.45, 2.75) is 19.0 Å². The van der Waals surface area contributed by atoms with Gasteiger partial charge in [-0.2, -0.15) is 5.10 Å². The van der Waals surface area contributed by atoms with Gasteiger partial charge in [0.2, 0.25) is 11.8 Å². The van der Waals surface area contributed by atoms with E-state index >= 15 is 0 Å². The Morgan fingerprint density at radius 1 is 1.03 bits per heavy atom. The highest BCUT2D eigenvalue weighted by Gasteiger charge is 2.64. The molecule has 2 aromatic carbocycles. The largest absolute Gasteiger partial charge is 0.298 e. The van der Waals surface area contributed by atoms with Crippen molar-refractivity contribution in [1.82, 2.24) is 5.01 Å². The lowest BCUT2D eigenvalue weighted by Crippen LogP contribution is -2.44. The number of Topliss-reactive ketones (excluding diaryl/α,β-unsaturated/α-hetero) is 1. The van der Waals surface area contributed by atoms with Gasteiger partial charge in [0.05, 0.1) is 34.8 Å². The highest BCUT2D eigenvalue weighted by atomic mass is 35.5. The second kappa shape index (κ2) is 6.40. The summed E-state index contributed by atoms with van der Waals surface area (Å²) in [7, 11) is 0. The Labute approximate surface area is 176 Å². The smallest absolute Gasteiger partial charge is 0.240 e. The number of carbonyl (C=O) groups excluding carboxylic acids is 3. The highest BCUT2D eigenvalue weighted by Crippen LogP contribution is 2.53. The maximum Gasteiger partial charge on any atom is 0.240 e. The van der Waals surface area contributed by atoms with Gasteiger partial charge in [-0.25, -0.2) is 4.90 Å². The molecule has 0 saturated carbocycles. The number of anilines is 1. The van der Waals surface area contributed by atoms with Crippen molar-refractivity contribution >= 4 is 52.7 Å². The minimum Gasteiger partial charge on any atom is -0.298 e. The molecule has 2 aromatic rings. The van der Waals surface area contributed by atoms with E-state index in [2.05, 4.69) is 5.10 Å². The van der Waals surface area contributed by atoms with Gasteiger partial charge in [0.15, 0.2) is 5.78 Å². The Morgan fingerprint density at radius 3 is 2.48 bits per heavy atom. The summed E-state index contributed by atoms with van der Waals surface area (Å²) in [5.41, 5.74) is 2.04. The van der Waals surface area contributed by atoms with Crippen LogP contribution in [0.15, 0.2) is 47.6 Å². The summed E-state index contributed by atoms with van der Waals surface area (Å²) in [5.74, 6) is -2.56. The number of fused-ring (bicyclic) bond motifs is 5. The number of ketones is 1. The van der Waals surface area contributed by atoms with E-state index in [1.807, 2.05) is 24.3 Å². The highest BCUT2D eigenvalue weighted by molar-refractivity contribution is 6.38. The molecule has 0 bridgehead atoms. The Hall–Kier alpha value is -2.70. The van der Waals surface area contributed by atoms with E-state index in [-0.39, 0.29) is 22.4 Å². The predicted octanol–water partition coefficient (Wildman–Crippen LogP) is 3.46. The molecule has 0 aromatic heterocycles. The molecular formula is C21H15Cl2N3O3. The molecule has 4 unspecified atom stereocenters. The van der Waals surface area contributed by atoms with Crippen molar-refractivity contribution in [3.05, 3.63) is 63.6 Å². The Kier molecular flexibility index (Phi) is 4.05. The van der Waals surface area contributed by atoms with Crippen LogP contribution in [0.2, 0.25) is 10.0 Å². The average Bonchev–Trinajstić information content (AvgIpc) is 3.16. The van der Waals surface area contributed by atoms with Crippen molar-refractivity contribution in [2.75, 3.05) is 4.90 Å². The number of rotatable bonds is 2. The van der Waals surface area contributed by atoms with Crippen LogP contribution in [0.25, 0.3) is 0 Å². The lowest BCUT2D eigenvalue weighted by atomic mass is 9.84. The summed E-state index contributed by atoms with van der Waals surface area (Å²) in [6, 6.07) is 10.9. The van der Waals surface area contributed by atoms with E-state index in [4.69, 9.17) is 23.2 Å². The van der Waals surface area contributed by atoms with Crippen LogP contribution in [-0.4, -0.2) is 34.9 Å². The predicted molar refractivity (Wildman–Crippen MR) is 109 cm³/mol. The number of hydrazone groups is 1. The van der Waals surface area contributed by atoms with E-state index in [9.17, 15) is 14.4 Å². The average molecular weight is 428 g/mol. The Balaban J connectivity index is 1.66. The molecule has 2 fully saturated rings. The number of hydrogen-bond donors (Lipinski definition) is 0. The van der Waals surface area contributed by atoms with Gasteiger partial charge in [0.25, 0.3) is 0 Å². The molecule has 4 atom stereocenters. The van der Waals surface area contributed by atoms with Gasteiger partial charge in [-0.15, -0.1) is 0 Å². The summed E-state index contributed by atoms with van der Waals surface area (Å²) < 4.78 is 0. The maximum absolute atomic E-state index is 13.5. The molecule has 0 N–H and O–H groups in total. The van der Waals surface area contributed by atoms with Crippen LogP contribution in [0, 0.1) is 11.8 Å². The Morgan fingerprint density at radius 2 is 1.76 bits per heavy atom. The molecule has 0 spiro atoms. The quantitative estimate of drug-likeness (QED) is 0.688. The van der Waals surface area contributed by atoms with Gasteiger partial charge in [-0.3, -0.25) is 19.4 Å². The molecule has 8 heteroatoms. The normalized spacial score (nSPS) is 27.1. The molecule has 2 amide bonds. The van der Waals surface area contributed by atoms with Crippen molar-refractivity contribution in [1.29, 1.82) is 0 Å². The topological polar surface area (TPSA) is 70.0 Å². The first-order chi connectivity index (χ1) is 13.9. The third-order valence-corrected chi connectivity index (χ3v) is 6.40. The van der Waals surface area contributed by atoms with E-state index in [1.165, 1.54) is 13.0 Å². The third-order valence-electron chi connectivity index (χ3n) is 5.86. The van der Waals surface area contributed by atoms with Crippen LogP contribution in [0.4, 0.5) is 5.69 Å². The van der Waals surface area contributed by atoms with Crippen LogP contribution in [-0.2, 0) is 14.4 Å². The maximum atomic E-state index is 13.5. The van der Waals surface area contributed by atoms with Crippen molar-refractivity contribution in [3.8, 4) is 0 Å². The van der Waals surface area contributed by atoms with E-state index in [0.29, 0.717) is 5.02 Å². The molecule has 0 aliphatic carbocycles. The van der Waals surface area contributed by atoms with Crippen molar-refractivity contribution in [2.24, 2.45) is 16.9 Å². The van der Waals surface area contributed by atoms with E-state index in [0.717, 1.165) is 16.0 Å². The van der Waals surface area contributed by atoms with Crippen molar-refractivity contribution in [3.63, 3.8) is 0 Å². The van der Waals surface area contributed by atoms with Gasteiger partial charge in [-0.05, 0) is 36.2 Å². The molecule has 0 radical (unpaired) electrons. The fourth-order valence-corrected chi connectivity index (χ4v) is 5.22. The minimum atomic E-state index is -0.819. The lowest BCUT2D eigenvalue weighted by molar-refractivity contribution is -0.129. The second-order valence-corrected chi connectivity index (χ2v) is 8.26. The second-order valence-electron chi connectivity index (χ2n) is 7.41. The number of imide groups is 1. The van der Waals surface area contributed by atoms with Gasteiger partial charge in [-0.1, -0.05) is 47.5 Å². The van der Waals surface area contributed by atoms with Crippen molar-refractivity contribution < 1.29 is 14.4 Å². The number of halogens is 2. The summed E-state index contributed by atoms with van der Waals surface area (Å²) in [5, 5.41) is 6.67. The number of benzene rings is 2. The molecule has 2 saturated heterocycles. The van der Waals surface area contributed by atoms with Crippen LogP contribution in [0.5, 0.6) is 0 Å². The van der Waals surface area contributed by atoms with Gasteiger partial charge >= 0.3 is 0 Å². The van der Waals surface area contributed by atoms with Gasteiger partial charge in [0, 0.05) is 5.02 Å². The number of nitrogens with zero attached hydrogens (tertiary/aromatic N) is 3. The lowest BCUT2D eigenvalue weighted by Gasteiger charge is -2.33. The molecule has 146 valence electrons. The van der Waals surface area contributed by atoms with Gasteiger partial charge in [0.1, 0.15) is 6.04 Å². The fourth-order valence-electron chi connectivity index (χ4n) is 4.72. The molecular weight excluding hydrogens is 413 g/mol. The molecule has 3 aliphatic rings. The molecule has 6 nitrogen and oxygen atoms in total. The summed E-state index contributed by atoms with van der Waals surface area (Å²) in [6.45, 7) is 1.43. The summed E-state index contributed by atoms with van der Waals surface area (Å²) >= 11 is 12.2. The zero-order chi connectivity index (χ0) is 20.4. The third kappa shape index (κ3) is 2.49. The number of amides is 2. The number of carbonyl (C=O) groups is 3. The van der Waals surface area contributed by atoms with E-state index < -0.39 is 29.8 Å². The van der Waals surface area contributed by atoms with Crippen LogP contribution in [0.3, 0.4) is 0 Å². The monoisotopic (exact) mass is 427 g/mol. The van der Waals surface area contributed by atoms with Gasteiger partial charge < -0.3 is 0 Å². The standard InChI is InChI=1S/C21H15Cl2N3O3/c1-10(27)18-16-17(19-13-5-3-2-4-11(13)9-24-26(18)19)21(29)25(20(16)28)15-7-6-12(22)8-14(15)23/h2-9,16-19H,1H3. The summed E-state index contributed by atoms with van der Waals surface area (Å²) in [6.07, 6.45) is 1.67. The SMILES string of the molecule is CC(=O)C1C2C(=O)N(c3ccc(Cl)cc3Cl)C(=O)C2C2c3ccccc3C=NN12. The first kappa shape index (κ1) is 18.3. The van der Waals surface area contributed by atoms with E-state index in [1.54, 1.807) is 23.4 Å². The first-order valence-electron chi connectivity index (χ1n) is 9.14. The molecule has 5 rings (SSSR count). The van der Waals surface area contributed by atoms with Crippen LogP contribution in [0.1, 0.15) is 24.1 Å². The zero-order valence-corrected chi connectivity index (χ0v) is 16.8.